The number of carbonyl (C=O) groups is 2. The van der Waals surface area contributed by atoms with Crippen molar-refractivity contribution in [3.05, 3.63) is 72.3 Å². The van der Waals surface area contributed by atoms with E-state index < -0.39 is 23.5 Å². The third-order valence-electron chi connectivity index (χ3n) is 5.98. The first kappa shape index (κ1) is 17.9. The number of hydrogen-bond acceptors (Lipinski definition) is 5. The summed E-state index contributed by atoms with van der Waals surface area (Å²) in [7, 11) is 1.60. The minimum atomic E-state index is -0.766. The Morgan fingerprint density at radius 2 is 1.93 bits per heavy atom. The summed E-state index contributed by atoms with van der Waals surface area (Å²) in [5.74, 6) is -0.968. The van der Waals surface area contributed by atoms with E-state index in [9.17, 15) is 9.59 Å². The first-order valence-corrected chi connectivity index (χ1v) is 9.64. The maximum Gasteiger partial charge on any atom is 0.313 e. The highest BCUT2D eigenvalue weighted by molar-refractivity contribution is 6.02. The van der Waals surface area contributed by atoms with Gasteiger partial charge < -0.3 is 19.1 Å². The Morgan fingerprint density at radius 1 is 1.17 bits per heavy atom. The number of hydrogen-bond donors (Lipinski definition) is 0. The molecule has 29 heavy (non-hydrogen) atoms. The molecule has 148 valence electrons. The molecular weight excluding hydrogens is 370 g/mol. The number of anilines is 1. The van der Waals surface area contributed by atoms with Crippen molar-refractivity contribution in [2.75, 3.05) is 18.6 Å². The van der Waals surface area contributed by atoms with Crippen LogP contribution in [-0.2, 0) is 25.7 Å². The molecule has 2 bridgehead atoms. The zero-order chi connectivity index (χ0) is 20.0. The van der Waals surface area contributed by atoms with Crippen molar-refractivity contribution in [3.63, 3.8) is 0 Å². The Morgan fingerprint density at radius 3 is 2.66 bits per heavy atom. The van der Waals surface area contributed by atoms with Gasteiger partial charge in [-0.2, -0.15) is 0 Å². The number of rotatable bonds is 5. The molecule has 3 heterocycles. The minimum absolute atomic E-state index is 0.108. The van der Waals surface area contributed by atoms with Gasteiger partial charge in [-0.1, -0.05) is 42.5 Å². The zero-order valence-electron chi connectivity index (χ0n) is 16.0. The van der Waals surface area contributed by atoms with Crippen LogP contribution in [0, 0.1) is 11.8 Å². The maximum absolute atomic E-state index is 13.3. The highest BCUT2D eigenvalue weighted by atomic mass is 16.6. The van der Waals surface area contributed by atoms with Gasteiger partial charge in [0, 0.05) is 5.69 Å². The van der Waals surface area contributed by atoms with Crippen molar-refractivity contribution >= 4 is 17.6 Å². The fraction of sp³-hybridized carbons (Fsp3) is 0.304. The highest BCUT2D eigenvalue weighted by Gasteiger charge is 2.67. The largest absolute Gasteiger partial charge is 0.497 e. The molecule has 2 aromatic rings. The Kier molecular flexibility index (Phi) is 4.17. The molecule has 0 saturated carbocycles. The van der Waals surface area contributed by atoms with Crippen molar-refractivity contribution in [2.45, 2.75) is 18.3 Å². The Hall–Kier alpha value is -3.12. The molecule has 0 aliphatic carbocycles. The summed E-state index contributed by atoms with van der Waals surface area (Å²) in [6.45, 7) is 0.570. The number of fused-ring (bicyclic) bond motifs is 1. The van der Waals surface area contributed by atoms with E-state index in [1.165, 1.54) is 0 Å². The third kappa shape index (κ3) is 2.83. The van der Waals surface area contributed by atoms with Crippen molar-refractivity contribution < 1.29 is 23.8 Å². The average molecular weight is 391 g/mol. The van der Waals surface area contributed by atoms with Gasteiger partial charge in [-0.25, -0.2) is 0 Å². The lowest BCUT2D eigenvalue weighted by Gasteiger charge is -2.22. The van der Waals surface area contributed by atoms with E-state index in [0.29, 0.717) is 6.54 Å². The second-order valence-corrected chi connectivity index (χ2v) is 7.62. The standard InChI is InChI=1S/C23H21NO5/c1-27-17-9-7-16(8-10-17)24-14-23-12-11-18(29-23)19(20(23)21(24)25)22(26)28-13-15-5-3-2-4-6-15/h2-12,18-20H,13-14H2,1H3/t18-,19?,20+,23-/m1/s1. The summed E-state index contributed by atoms with van der Waals surface area (Å²) in [6, 6.07) is 16.8. The van der Waals surface area contributed by atoms with Gasteiger partial charge in [-0.15, -0.1) is 0 Å². The van der Waals surface area contributed by atoms with E-state index in [0.717, 1.165) is 17.0 Å². The number of ether oxygens (including phenoxy) is 3. The Balaban J connectivity index is 1.37. The van der Waals surface area contributed by atoms with Crippen molar-refractivity contribution in [1.82, 2.24) is 0 Å². The van der Waals surface area contributed by atoms with Gasteiger partial charge in [0.1, 0.15) is 23.9 Å². The van der Waals surface area contributed by atoms with Gasteiger partial charge >= 0.3 is 5.97 Å². The minimum Gasteiger partial charge on any atom is -0.497 e. The predicted octanol–water partition coefficient (Wildman–Crippen LogP) is 2.73. The van der Waals surface area contributed by atoms with E-state index in [1.807, 2.05) is 66.7 Å². The van der Waals surface area contributed by atoms with Gasteiger partial charge in [-0.3, -0.25) is 9.59 Å². The molecule has 1 amide bonds. The van der Waals surface area contributed by atoms with E-state index in [4.69, 9.17) is 14.2 Å². The van der Waals surface area contributed by atoms with Crippen molar-refractivity contribution in [1.29, 1.82) is 0 Å². The smallest absolute Gasteiger partial charge is 0.313 e. The van der Waals surface area contributed by atoms with Crippen LogP contribution in [0.25, 0.3) is 0 Å². The lowest BCUT2D eigenvalue weighted by molar-refractivity contribution is -0.153. The van der Waals surface area contributed by atoms with E-state index in [2.05, 4.69) is 0 Å². The first-order valence-electron chi connectivity index (χ1n) is 9.64. The molecule has 0 radical (unpaired) electrons. The molecule has 1 spiro atoms. The molecule has 2 aromatic carbocycles. The fourth-order valence-corrected chi connectivity index (χ4v) is 4.57. The molecular formula is C23H21NO5. The summed E-state index contributed by atoms with van der Waals surface area (Å²) >= 11 is 0. The molecule has 1 unspecified atom stereocenters. The predicted molar refractivity (Wildman–Crippen MR) is 105 cm³/mol. The molecule has 3 aliphatic rings. The zero-order valence-corrected chi connectivity index (χ0v) is 16.0. The van der Waals surface area contributed by atoms with Crippen LogP contribution in [0.2, 0.25) is 0 Å². The van der Waals surface area contributed by atoms with Crippen LogP contribution in [0.4, 0.5) is 5.69 Å². The first-order chi connectivity index (χ1) is 14.1. The summed E-state index contributed by atoms with van der Waals surface area (Å²) in [5, 5.41) is 0. The van der Waals surface area contributed by atoms with Crippen LogP contribution in [0.5, 0.6) is 5.75 Å². The van der Waals surface area contributed by atoms with E-state index >= 15 is 0 Å². The van der Waals surface area contributed by atoms with E-state index in [1.54, 1.807) is 12.0 Å². The molecule has 2 saturated heterocycles. The van der Waals surface area contributed by atoms with Crippen molar-refractivity contribution in [3.8, 4) is 5.75 Å². The topological polar surface area (TPSA) is 65.1 Å². The number of esters is 1. The van der Waals surface area contributed by atoms with Crippen LogP contribution < -0.4 is 9.64 Å². The molecule has 3 aliphatic heterocycles. The monoisotopic (exact) mass is 391 g/mol. The van der Waals surface area contributed by atoms with Crippen LogP contribution in [0.3, 0.4) is 0 Å². The van der Waals surface area contributed by atoms with E-state index in [-0.39, 0.29) is 18.5 Å². The van der Waals surface area contributed by atoms with Crippen LogP contribution in [0.1, 0.15) is 5.56 Å². The highest BCUT2D eigenvalue weighted by Crippen LogP contribution is 2.53. The fourth-order valence-electron chi connectivity index (χ4n) is 4.57. The SMILES string of the molecule is COc1ccc(N2C[C@@]34C=C[C@@H](O3)C(C(=O)OCc3ccccc3)[C@H]4C2=O)cc1. The summed E-state index contributed by atoms with van der Waals surface area (Å²) < 4.78 is 16.9. The quantitative estimate of drug-likeness (QED) is 0.579. The molecule has 0 aromatic heterocycles. The van der Waals surface area contributed by atoms with Crippen LogP contribution >= 0.6 is 0 Å². The van der Waals surface area contributed by atoms with Gasteiger partial charge in [0.15, 0.2) is 0 Å². The second-order valence-electron chi connectivity index (χ2n) is 7.62. The normalized spacial score (nSPS) is 29.2. The molecule has 4 atom stereocenters. The van der Waals surface area contributed by atoms with Crippen molar-refractivity contribution in [2.24, 2.45) is 11.8 Å². The third-order valence-corrected chi connectivity index (χ3v) is 5.98. The number of amides is 1. The average Bonchev–Trinajstić information content (AvgIpc) is 3.41. The summed E-state index contributed by atoms with van der Waals surface area (Å²) in [4.78, 5) is 27.9. The van der Waals surface area contributed by atoms with Crippen LogP contribution in [-0.4, -0.2) is 37.2 Å². The maximum atomic E-state index is 13.3. The Labute approximate surface area is 168 Å². The number of methoxy groups -OCH3 is 1. The van der Waals surface area contributed by atoms with Gasteiger partial charge in [0.2, 0.25) is 5.91 Å². The van der Waals surface area contributed by atoms with Gasteiger partial charge in [-0.05, 0) is 29.8 Å². The molecule has 6 heteroatoms. The second kappa shape index (κ2) is 6.74. The molecule has 0 N–H and O–H groups in total. The summed E-state index contributed by atoms with van der Waals surface area (Å²) in [5.41, 5.74) is 0.905. The molecule has 6 nitrogen and oxygen atoms in total. The van der Waals surface area contributed by atoms with Gasteiger partial charge in [0.25, 0.3) is 0 Å². The lowest BCUT2D eigenvalue weighted by Crippen LogP contribution is -2.40. The molecule has 2 fully saturated rings. The van der Waals surface area contributed by atoms with Gasteiger partial charge in [0.05, 0.1) is 25.7 Å². The lowest BCUT2D eigenvalue weighted by atomic mass is 9.77. The van der Waals surface area contributed by atoms with Crippen LogP contribution in [0.15, 0.2) is 66.7 Å². The molecule has 5 rings (SSSR count). The number of nitrogens with zero attached hydrogens (tertiary/aromatic N) is 1. The summed E-state index contributed by atoms with van der Waals surface area (Å²) in [6.07, 6.45) is 3.41. The Bertz CT molecular complexity index is 971. The number of carbonyl (C=O) groups excluding carboxylic acids is 2. The number of benzene rings is 2.